The SMILES string of the molecule is Cn1nc(CN)c2c1-c1ccccc1CC2. The van der Waals surface area contributed by atoms with E-state index in [1.807, 2.05) is 11.7 Å². The molecule has 0 unspecified atom stereocenters. The number of fused-ring (bicyclic) bond motifs is 3. The van der Waals surface area contributed by atoms with Gasteiger partial charge in [-0.25, -0.2) is 0 Å². The van der Waals surface area contributed by atoms with Crippen molar-refractivity contribution >= 4 is 0 Å². The molecule has 0 bridgehead atoms. The van der Waals surface area contributed by atoms with Crippen molar-refractivity contribution in [2.24, 2.45) is 12.8 Å². The topological polar surface area (TPSA) is 43.8 Å². The van der Waals surface area contributed by atoms with Crippen LogP contribution < -0.4 is 5.73 Å². The van der Waals surface area contributed by atoms with Gasteiger partial charge in [-0.15, -0.1) is 0 Å². The smallest absolute Gasteiger partial charge is 0.0798 e. The molecule has 1 aliphatic carbocycles. The molecule has 1 aromatic carbocycles. The maximum Gasteiger partial charge on any atom is 0.0798 e. The molecule has 2 aromatic rings. The number of nitrogens with zero attached hydrogens (tertiary/aromatic N) is 2. The van der Waals surface area contributed by atoms with E-state index < -0.39 is 0 Å². The van der Waals surface area contributed by atoms with E-state index in [0.29, 0.717) is 6.54 Å². The molecule has 82 valence electrons. The van der Waals surface area contributed by atoms with Crippen LogP contribution in [0.3, 0.4) is 0 Å². The molecule has 3 heteroatoms. The number of aromatic nitrogens is 2. The second-order valence-corrected chi connectivity index (χ2v) is 4.26. The Morgan fingerprint density at radius 3 is 2.94 bits per heavy atom. The monoisotopic (exact) mass is 213 g/mol. The summed E-state index contributed by atoms with van der Waals surface area (Å²) in [6, 6.07) is 8.57. The predicted molar refractivity (Wildman–Crippen MR) is 63.9 cm³/mol. The number of aryl methyl sites for hydroxylation is 2. The molecule has 2 N–H and O–H groups in total. The Balaban J connectivity index is 2.28. The average Bonchev–Trinajstić information content (AvgIpc) is 2.66. The molecule has 0 amide bonds. The number of benzene rings is 1. The molecule has 1 aromatic heterocycles. The molecule has 1 aliphatic rings. The molecule has 16 heavy (non-hydrogen) atoms. The second kappa shape index (κ2) is 3.46. The van der Waals surface area contributed by atoms with Gasteiger partial charge < -0.3 is 5.73 Å². The van der Waals surface area contributed by atoms with Crippen LogP contribution in [-0.4, -0.2) is 9.78 Å². The van der Waals surface area contributed by atoms with Crippen molar-refractivity contribution < 1.29 is 0 Å². The molecule has 1 heterocycles. The fourth-order valence-electron chi connectivity index (χ4n) is 2.62. The third-order valence-electron chi connectivity index (χ3n) is 3.34. The van der Waals surface area contributed by atoms with Gasteiger partial charge in [0.15, 0.2) is 0 Å². The summed E-state index contributed by atoms with van der Waals surface area (Å²) in [6.07, 6.45) is 2.16. The number of hydrogen-bond donors (Lipinski definition) is 1. The lowest BCUT2D eigenvalue weighted by Gasteiger charge is -2.17. The minimum Gasteiger partial charge on any atom is -0.325 e. The Labute approximate surface area is 94.9 Å². The first-order valence-electron chi connectivity index (χ1n) is 5.64. The second-order valence-electron chi connectivity index (χ2n) is 4.26. The van der Waals surface area contributed by atoms with Gasteiger partial charge in [0.05, 0.1) is 11.4 Å². The minimum absolute atomic E-state index is 0.533. The first-order valence-corrected chi connectivity index (χ1v) is 5.64. The molecule has 0 atom stereocenters. The normalized spacial score (nSPS) is 13.4. The van der Waals surface area contributed by atoms with Gasteiger partial charge >= 0.3 is 0 Å². The fourth-order valence-corrected chi connectivity index (χ4v) is 2.62. The lowest BCUT2D eigenvalue weighted by molar-refractivity contribution is 0.748. The summed E-state index contributed by atoms with van der Waals surface area (Å²) in [5, 5.41) is 4.50. The van der Waals surface area contributed by atoms with Crippen LogP contribution in [0.2, 0.25) is 0 Å². The van der Waals surface area contributed by atoms with Crippen molar-refractivity contribution in [2.75, 3.05) is 0 Å². The highest BCUT2D eigenvalue weighted by molar-refractivity contribution is 5.70. The largest absolute Gasteiger partial charge is 0.325 e. The molecule has 0 radical (unpaired) electrons. The van der Waals surface area contributed by atoms with Gasteiger partial charge in [-0.05, 0) is 18.4 Å². The van der Waals surface area contributed by atoms with Gasteiger partial charge in [-0.1, -0.05) is 24.3 Å². The number of rotatable bonds is 1. The van der Waals surface area contributed by atoms with Gasteiger partial charge in [0.25, 0.3) is 0 Å². The Morgan fingerprint density at radius 2 is 2.12 bits per heavy atom. The molecular weight excluding hydrogens is 198 g/mol. The molecule has 0 fully saturated rings. The van der Waals surface area contributed by atoms with Gasteiger partial charge in [-0.3, -0.25) is 4.68 Å². The first-order chi connectivity index (χ1) is 7.81. The van der Waals surface area contributed by atoms with E-state index in [9.17, 15) is 0 Å². The van der Waals surface area contributed by atoms with Gasteiger partial charge in [0.1, 0.15) is 0 Å². The summed E-state index contributed by atoms with van der Waals surface area (Å²) >= 11 is 0. The Morgan fingerprint density at radius 1 is 1.31 bits per heavy atom. The predicted octanol–water partition coefficient (Wildman–Crippen LogP) is 1.64. The number of hydrogen-bond acceptors (Lipinski definition) is 2. The van der Waals surface area contributed by atoms with E-state index in [4.69, 9.17) is 5.73 Å². The van der Waals surface area contributed by atoms with Crippen LogP contribution in [0.1, 0.15) is 16.8 Å². The van der Waals surface area contributed by atoms with Crippen molar-refractivity contribution in [3.8, 4) is 11.3 Å². The Hall–Kier alpha value is -1.61. The standard InChI is InChI=1S/C13H15N3/c1-16-13-10-5-3-2-4-9(10)6-7-11(13)12(8-14)15-16/h2-5H,6-8,14H2,1H3. The van der Waals surface area contributed by atoms with Crippen molar-refractivity contribution in [3.05, 3.63) is 41.1 Å². The van der Waals surface area contributed by atoms with E-state index >= 15 is 0 Å². The third kappa shape index (κ3) is 1.21. The van der Waals surface area contributed by atoms with Crippen LogP contribution in [0.25, 0.3) is 11.3 Å². The molecule has 3 rings (SSSR count). The lowest BCUT2D eigenvalue weighted by atomic mass is 9.89. The molecule has 3 nitrogen and oxygen atoms in total. The van der Waals surface area contributed by atoms with Crippen molar-refractivity contribution in [1.82, 2.24) is 9.78 Å². The molecule has 0 aliphatic heterocycles. The van der Waals surface area contributed by atoms with Crippen LogP contribution in [0.15, 0.2) is 24.3 Å². The maximum atomic E-state index is 5.73. The van der Waals surface area contributed by atoms with E-state index in [1.54, 1.807) is 0 Å². The molecule has 0 saturated carbocycles. The highest BCUT2D eigenvalue weighted by Crippen LogP contribution is 2.34. The van der Waals surface area contributed by atoms with E-state index in [1.165, 1.54) is 22.4 Å². The lowest BCUT2D eigenvalue weighted by Crippen LogP contribution is -2.07. The van der Waals surface area contributed by atoms with E-state index in [-0.39, 0.29) is 0 Å². The Bertz CT molecular complexity index is 540. The minimum atomic E-state index is 0.533. The Kier molecular flexibility index (Phi) is 2.07. The first kappa shape index (κ1) is 9.60. The average molecular weight is 213 g/mol. The quantitative estimate of drug-likeness (QED) is 0.782. The van der Waals surface area contributed by atoms with Crippen LogP contribution in [-0.2, 0) is 26.4 Å². The van der Waals surface area contributed by atoms with Crippen molar-refractivity contribution in [1.29, 1.82) is 0 Å². The number of nitrogens with two attached hydrogens (primary N) is 1. The zero-order valence-corrected chi connectivity index (χ0v) is 9.40. The van der Waals surface area contributed by atoms with Crippen LogP contribution >= 0.6 is 0 Å². The van der Waals surface area contributed by atoms with Gasteiger partial charge in [0, 0.05) is 24.7 Å². The maximum absolute atomic E-state index is 5.73. The van der Waals surface area contributed by atoms with Crippen LogP contribution in [0.5, 0.6) is 0 Å². The zero-order chi connectivity index (χ0) is 11.1. The van der Waals surface area contributed by atoms with Crippen LogP contribution in [0.4, 0.5) is 0 Å². The van der Waals surface area contributed by atoms with Crippen molar-refractivity contribution in [2.45, 2.75) is 19.4 Å². The van der Waals surface area contributed by atoms with Gasteiger partial charge in [-0.2, -0.15) is 5.10 Å². The summed E-state index contributed by atoms with van der Waals surface area (Å²) < 4.78 is 1.97. The highest BCUT2D eigenvalue weighted by atomic mass is 15.3. The van der Waals surface area contributed by atoms with E-state index in [2.05, 4.69) is 29.4 Å². The summed E-state index contributed by atoms with van der Waals surface area (Å²) in [7, 11) is 2.00. The summed E-state index contributed by atoms with van der Waals surface area (Å²) in [6.45, 7) is 0.533. The molecule has 0 saturated heterocycles. The molecule has 0 spiro atoms. The van der Waals surface area contributed by atoms with Crippen molar-refractivity contribution in [3.63, 3.8) is 0 Å². The van der Waals surface area contributed by atoms with Crippen LogP contribution in [0, 0.1) is 0 Å². The fraction of sp³-hybridized carbons (Fsp3) is 0.308. The zero-order valence-electron chi connectivity index (χ0n) is 9.40. The summed E-state index contributed by atoms with van der Waals surface area (Å²) in [4.78, 5) is 0. The third-order valence-corrected chi connectivity index (χ3v) is 3.34. The molecular formula is C13H15N3. The summed E-state index contributed by atoms with van der Waals surface area (Å²) in [5.74, 6) is 0. The highest BCUT2D eigenvalue weighted by Gasteiger charge is 2.22. The van der Waals surface area contributed by atoms with E-state index in [0.717, 1.165) is 18.5 Å². The summed E-state index contributed by atoms with van der Waals surface area (Å²) in [5.41, 5.74) is 12.1. The van der Waals surface area contributed by atoms with Gasteiger partial charge in [0.2, 0.25) is 0 Å².